The predicted molar refractivity (Wildman–Crippen MR) is 278 cm³/mol. The van der Waals surface area contributed by atoms with Gasteiger partial charge in [0.15, 0.2) is 0 Å². The van der Waals surface area contributed by atoms with E-state index >= 15 is 0 Å². The van der Waals surface area contributed by atoms with Crippen molar-refractivity contribution in [3.63, 3.8) is 0 Å². The molecule has 0 saturated heterocycles. The predicted octanol–water partition coefficient (Wildman–Crippen LogP) is 18.1. The number of fused-ring (bicyclic) bond motifs is 6. The number of hydrogen-bond acceptors (Lipinski definition) is 1. The zero-order valence-electron chi connectivity index (χ0n) is 35.8. The van der Waals surface area contributed by atoms with Gasteiger partial charge in [-0.05, 0) is 136 Å². The van der Waals surface area contributed by atoms with Crippen molar-refractivity contribution in [3.05, 3.63) is 261 Å². The third-order valence-electron chi connectivity index (χ3n) is 13.1. The molecule has 0 aliphatic rings. The third-order valence-corrected chi connectivity index (χ3v) is 13.1. The summed E-state index contributed by atoms with van der Waals surface area (Å²) in [4.78, 5) is 2.44. The van der Waals surface area contributed by atoms with Gasteiger partial charge in [-0.2, -0.15) is 0 Å². The lowest BCUT2D eigenvalue weighted by atomic mass is 9.87. The summed E-state index contributed by atoms with van der Waals surface area (Å²) in [6.45, 7) is 0. The molecule has 304 valence electrons. The Kier molecular flexibility index (Phi) is 9.58. The molecule has 12 rings (SSSR count). The molecule has 0 N–H and O–H groups in total. The van der Waals surface area contributed by atoms with Crippen molar-refractivity contribution in [1.82, 2.24) is 0 Å². The molecule has 0 amide bonds. The van der Waals surface area contributed by atoms with Crippen molar-refractivity contribution in [2.75, 3.05) is 4.90 Å². The first-order chi connectivity index (χ1) is 32.2. The molecule has 1 nitrogen and oxygen atoms in total. The van der Waals surface area contributed by atoms with Gasteiger partial charge in [0.2, 0.25) is 0 Å². The van der Waals surface area contributed by atoms with Gasteiger partial charge in [0, 0.05) is 16.9 Å². The van der Waals surface area contributed by atoms with Gasteiger partial charge < -0.3 is 4.90 Å². The van der Waals surface area contributed by atoms with E-state index in [9.17, 15) is 0 Å². The largest absolute Gasteiger partial charge is 0.310 e. The number of rotatable bonds is 8. The van der Waals surface area contributed by atoms with E-state index in [2.05, 4.69) is 266 Å². The molecule has 0 unspecified atom stereocenters. The fourth-order valence-electron chi connectivity index (χ4n) is 9.86. The van der Waals surface area contributed by atoms with E-state index in [1.165, 1.54) is 98.7 Å². The molecule has 0 radical (unpaired) electrons. The highest BCUT2D eigenvalue weighted by Crippen LogP contribution is 2.48. The Labute approximate surface area is 379 Å². The molecule has 0 bridgehead atoms. The van der Waals surface area contributed by atoms with Gasteiger partial charge in [0.25, 0.3) is 0 Å². The second kappa shape index (κ2) is 16.3. The fraction of sp³-hybridized carbons (Fsp3) is 0. The van der Waals surface area contributed by atoms with Crippen LogP contribution in [0, 0.1) is 0 Å². The van der Waals surface area contributed by atoms with Gasteiger partial charge in [0.1, 0.15) is 0 Å². The Bertz CT molecular complexity index is 3520. The Hall–Kier alpha value is -8.52. The molecule has 1 heteroatoms. The van der Waals surface area contributed by atoms with Crippen LogP contribution in [0.4, 0.5) is 17.1 Å². The van der Waals surface area contributed by atoms with Gasteiger partial charge in [-0.1, -0.05) is 218 Å². The number of hydrogen-bond donors (Lipinski definition) is 0. The minimum absolute atomic E-state index is 1.08. The lowest BCUT2D eigenvalue weighted by Gasteiger charge is -2.30. The fourth-order valence-corrected chi connectivity index (χ4v) is 9.86. The van der Waals surface area contributed by atoms with E-state index in [1.54, 1.807) is 0 Å². The van der Waals surface area contributed by atoms with Crippen molar-refractivity contribution in [3.8, 4) is 55.6 Å². The van der Waals surface area contributed by atoms with Gasteiger partial charge in [-0.25, -0.2) is 0 Å². The van der Waals surface area contributed by atoms with Crippen LogP contribution in [0.2, 0.25) is 0 Å². The Morgan fingerprint density at radius 3 is 1.15 bits per heavy atom. The highest BCUT2D eigenvalue weighted by atomic mass is 15.1. The summed E-state index contributed by atoms with van der Waals surface area (Å²) in [6.07, 6.45) is 0. The molecule has 0 atom stereocenters. The van der Waals surface area contributed by atoms with E-state index < -0.39 is 0 Å². The van der Waals surface area contributed by atoms with Gasteiger partial charge in [-0.3, -0.25) is 0 Å². The normalized spacial score (nSPS) is 11.4. The van der Waals surface area contributed by atoms with E-state index in [0.717, 1.165) is 17.1 Å². The van der Waals surface area contributed by atoms with Crippen LogP contribution in [0.25, 0.3) is 98.7 Å². The smallest absolute Gasteiger partial charge is 0.0546 e. The highest BCUT2D eigenvalue weighted by Gasteiger charge is 2.23. The molecule has 0 heterocycles. The van der Waals surface area contributed by atoms with Gasteiger partial charge in [0.05, 0.1) is 5.69 Å². The maximum atomic E-state index is 2.44. The summed E-state index contributed by atoms with van der Waals surface area (Å²) in [6, 6.07) is 95.4. The molecule has 0 aliphatic heterocycles. The first-order valence-corrected chi connectivity index (χ1v) is 22.4. The van der Waals surface area contributed by atoms with Gasteiger partial charge in [-0.15, -0.1) is 0 Å². The van der Waals surface area contributed by atoms with E-state index in [-0.39, 0.29) is 0 Å². The van der Waals surface area contributed by atoms with Crippen molar-refractivity contribution in [2.45, 2.75) is 0 Å². The number of nitrogens with zero attached hydrogens (tertiary/aromatic N) is 1. The van der Waals surface area contributed by atoms with E-state index in [1.807, 2.05) is 0 Å². The van der Waals surface area contributed by atoms with Crippen molar-refractivity contribution in [2.24, 2.45) is 0 Å². The Morgan fingerprint density at radius 1 is 0.215 bits per heavy atom. The average Bonchev–Trinajstić information content (AvgIpc) is 3.39. The summed E-state index contributed by atoms with van der Waals surface area (Å²) >= 11 is 0. The van der Waals surface area contributed by atoms with Crippen molar-refractivity contribution in [1.29, 1.82) is 0 Å². The topological polar surface area (TPSA) is 3.24 Å². The zero-order valence-corrected chi connectivity index (χ0v) is 35.8. The quantitative estimate of drug-likeness (QED) is 0.138. The minimum atomic E-state index is 1.08. The van der Waals surface area contributed by atoms with Crippen LogP contribution in [-0.2, 0) is 0 Å². The first-order valence-electron chi connectivity index (χ1n) is 22.4. The van der Waals surface area contributed by atoms with Crippen LogP contribution in [0.5, 0.6) is 0 Å². The Morgan fingerprint density at radius 2 is 0.615 bits per heavy atom. The van der Waals surface area contributed by atoms with Crippen LogP contribution in [-0.4, -0.2) is 0 Å². The zero-order chi connectivity index (χ0) is 43.1. The average molecular weight is 826 g/mol. The molecule has 12 aromatic carbocycles. The Balaban J connectivity index is 1.02. The molecule has 0 saturated carbocycles. The van der Waals surface area contributed by atoms with E-state index in [0.29, 0.717) is 0 Å². The second-order valence-electron chi connectivity index (χ2n) is 16.9. The molecule has 0 aromatic heterocycles. The van der Waals surface area contributed by atoms with Crippen LogP contribution < -0.4 is 4.90 Å². The SMILES string of the molecule is c1ccc(-c2ccccc2-c2c(-c3ccccc3)cccc2N(c2ccc(-c3ccc4c(ccc5ccccc54)c3)cc2)c2ccc(-c3ccc4c(ccc5ccccc54)c3)cc2)cc1. The van der Waals surface area contributed by atoms with Crippen molar-refractivity contribution >= 4 is 60.2 Å². The molecule has 12 aromatic rings. The molecular formula is C64H43N. The standard InChI is InChI=1S/C64H43N/c1-3-14-46(15-4-1)58-22-11-12-23-62(58)64-61(47-16-5-2-6-17-47)24-13-25-63(64)65(54-36-30-44(31-37-54)50-34-40-59-52(42-50)28-26-48-18-7-9-20-56(48)59)55-38-32-45(33-39-55)51-35-41-60-53(43-51)29-27-49-19-8-10-21-57(49)60/h1-43H. The van der Waals surface area contributed by atoms with Crippen LogP contribution in [0.3, 0.4) is 0 Å². The summed E-state index contributed by atoms with van der Waals surface area (Å²) in [7, 11) is 0. The molecule has 0 fully saturated rings. The minimum Gasteiger partial charge on any atom is -0.310 e. The van der Waals surface area contributed by atoms with Crippen LogP contribution in [0.15, 0.2) is 261 Å². The monoisotopic (exact) mass is 825 g/mol. The van der Waals surface area contributed by atoms with Crippen LogP contribution >= 0.6 is 0 Å². The second-order valence-corrected chi connectivity index (χ2v) is 16.9. The number of anilines is 3. The molecule has 0 spiro atoms. The lowest BCUT2D eigenvalue weighted by molar-refractivity contribution is 1.28. The van der Waals surface area contributed by atoms with Crippen molar-refractivity contribution < 1.29 is 0 Å². The maximum Gasteiger partial charge on any atom is 0.0546 e. The molecule has 0 aliphatic carbocycles. The highest BCUT2D eigenvalue weighted by molar-refractivity contribution is 6.10. The van der Waals surface area contributed by atoms with Gasteiger partial charge >= 0.3 is 0 Å². The summed E-state index contributed by atoms with van der Waals surface area (Å²) in [5, 5.41) is 10.1. The summed E-state index contributed by atoms with van der Waals surface area (Å²) in [5.41, 5.74) is 15.1. The van der Waals surface area contributed by atoms with Crippen LogP contribution in [0.1, 0.15) is 0 Å². The maximum absolute atomic E-state index is 2.44. The first kappa shape index (κ1) is 38.2. The molecule has 65 heavy (non-hydrogen) atoms. The third kappa shape index (κ3) is 7.01. The van der Waals surface area contributed by atoms with E-state index in [4.69, 9.17) is 0 Å². The summed E-state index contributed by atoms with van der Waals surface area (Å²) in [5.74, 6) is 0. The summed E-state index contributed by atoms with van der Waals surface area (Å²) < 4.78 is 0. The number of benzene rings is 12. The molecular weight excluding hydrogens is 783 g/mol. The lowest BCUT2D eigenvalue weighted by Crippen LogP contribution is -2.12.